The van der Waals surface area contributed by atoms with Crippen molar-refractivity contribution in [2.45, 2.75) is 32.7 Å². The molecule has 1 fully saturated rings. The van der Waals surface area contributed by atoms with E-state index in [2.05, 4.69) is 42.3 Å². The van der Waals surface area contributed by atoms with Crippen molar-refractivity contribution in [2.24, 2.45) is 0 Å². The predicted octanol–water partition coefficient (Wildman–Crippen LogP) is 3.05. The SMILES string of the molecule is Cc1cc(N2CCC(Nc3nc4ccccc4[nH]3)CC2)nc(C)n1. The number of benzene rings is 1. The number of nitrogens with zero attached hydrogens (tertiary/aromatic N) is 4. The van der Waals surface area contributed by atoms with Crippen LogP contribution in [0, 0.1) is 13.8 Å². The summed E-state index contributed by atoms with van der Waals surface area (Å²) in [6.07, 6.45) is 2.14. The summed E-state index contributed by atoms with van der Waals surface area (Å²) in [4.78, 5) is 19.2. The molecule has 0 unspecified atom stereocenters. The van der Waals surface area contributed by atoms with E-state index < -0.39 is 0 Å². The zero-order valence-corrected chi connectivity index (χ0v) is 14.1. The lowest BCUT2D eigenvalue weighted by atomic mass is 10.1. The van der Waals surface area contributed by atoms with Gasteiger partial charge in [-0.05, 0) is 38.8 Å². The topological polar surface area (TPSA) is 69.7 Å². The lowest BCUT2D eigenvalue weighted by molar-refractivity contribution is 0.521. The van der Waals surface area contributed by atoms with Crippen molar-refractivity contribution < 1.29 is 0 Å². The average Bonchev–Trinajstić information content (AvgIpc) is 2.97. The molecule has 0 spiro atoms. The van der Waals surface area contributed by atoms with Gasteiger partial charge in [-0.2, -0.15) is 0 Å². The molecule has 2 N–H and O–H groups in total. The molecule has 124 valence electrons. The number of nitrogens with one attached hydrogen (secondary N) is 2. The van der Waals surface area contributed by atoms with Crippen molar-refractivity contribution in [1.29, 1.82) is 0 Å². The molecular formula is C18H22N6. The fraction of sp³-hybridized carbons (Fsp3) is 0.389. The molecular weight excluding hydrogens is 300 g/mol. The summed E-state index contributed by atoms with van der Waals surface area (Å²) in [7, 11) is 0. The maximum absolute atomic E-state index is 4.61. The highest BCUT2D eigenvalue weighted by molar-refractivity contribution is 5.77. The molecule has 1 aromatic carbocycles. The van der Waals surface area contributed by atoms with E-state index in [4.69, 9.17) is 0 Å². The molecule has 2 aromatic heterocycles. The first-order chi connectivity index (χ1) is 11.7. The van der Waals surface area contributed by atoms with Gasteiger partial charge in [0, 0.05) is 30.9 Å². The molecule has 0 radical (unpaired) electrons. The van der Waals surface area contributed by atoms with Gasteiger partial charge < -0.3 is 15.2 Å². The second-order valence-corrected chi connectivity index (χ2v) is 6.42. The second kappa shape index (κ2) is 6.11. The summed E-state index contributed by atoms with van der Waals surface area (Å²) >= 11 is 0. The van der Waals surface area contributed by atoms with Gasteiger partial charge in [-0.3, -0.25) is 0 Å². The van der Waals surface area contributed by atoms with Gasteiger partial charge in [0.25, 0.3) is 0 Å². The molecule has 4 rings (SSSR count). The number of anilines is 2. The lowest BCUT2D eigenvalue weighted by Gasteiger charge is -2.33. The first-order valence-electron chi connectivity index (χ1n) is 8.46. The van der Waals surface area contributed by atoms with Gasteiger partial charge >= 0.3 is 0 Å². The maximum Gasteiger partial charge on any atom is 0.201 e. The number of imidazole rings is 1. The fourth-order valence-corrected chi connectivity index (χ4v) is 3.33. The van der Waals surface area contributed by atoms with Crippen molar-refractivity contribution in [3.05, 3.63) is 41.9 Å². The van der Waals surface area contributed by atoms with Crippen LogP contribution >= 0.6 is 0 Å². The highest BCUT2D eigenvalue weighted by Crippen LogP contribution is 2.21. The first kappa shape index (κ1) is 14.9. The van der Waals surface area contributed by atoms with Gasteiger partial charge in [-0.25, -0.2) is 15.0 Å². The quantitative estimate of drug-likeness (QED) is 0.775. The Morgan fingerprint density at radius 3 is 2.62 bits per heavy atom. The van der Waals surface area contributed by atoms with Crippen molar-refractivity contribution in [2.75, 3.05) is 23.3 Å². The summed E-state index contributed by atoms with van der Waals surface area (Å²) in [6, 6.07) is 10.6. The van der Waals surface area contributed by atoms with E-state index in [9.17, 15) is 0 Å². The number of hydrogen-bond acceptors (Lipinski definition) is 5. The molecule has 1 saturated heterocycles. The molecule has 0 bridgehead atoms. The van der Waals surface area contributed by atoms with E-state index in [-0.39, 0.29) is 0 Å². The van der Waals surface area contributed by atoms with E-state index in [1.807, 2.05) is 32.0 Å². The van der Waals surface area contributed by atoms with E-state index in [0.29, 0.717) is 6.04 Å². The zero-order chi connectivity index (χ0) is 16.5. The molecule has 6 heteroatoms. The Morgan fingerprint density at radius 2 is 1.88 bits per heavy atom. The Morgan fingerprint density at radius 1 is 1.08 bits per heavy atom. The average molecular weight is 322 g/mol. The Hall–Kier alpha value is -2.63. The molecule has 0 aliphatic carbocycles. The van der Waals surface area contributed by atoms with Gasteiger partial charge in [0.2, 0.25) is 5.95 Å². The molecule has 0 saturated carbocycles. The van der Waals surface area contributed by atoms with Gasteiger partial charge in [-0.1, -0.05) is 12.1 Å². The van der Waals surface area contributed by atoms with Gasteiger partial charge in [0.1, 0.15) is 11.6 Å². The number of piperidine rings is 1. The Bertz CT molecular complexity index is 794. The van der Waals surface area contributed by atoms with Crippen molar-refractivity contribution in [3.8, 4) is 0 Å². The number of para-hydroxylation sites is 2. The highest BCUT2D eigenvalue weighted by Gasteiger charge is 2.21. The molecule has 1 aliphatic rings. The third-order valence-corrected chi connectivity index (χ3v) is 4.50. The van der Waals surface area contributed by atoms with Crippen molar-refractivity contribution in [3.63, 3.8) is 0 Å². The summed E-state index contributed by atoms with van der Waals surface area (Å²) in [5.41, 5.74) is 3.11. The molecule has 3 aromatic rings. The standard InChI is InChI=1S/C18H22N6/c1-12-11-17(20-13(2)19-12)24-9-7-14(8-10-24)21-18-22-15-5-3-4-6-16(15)23-18/h3-6,11,14H,7-10H2,1-2H3,(H2,21,22,23). The Labute approximate surface area is 141 Å². The summed E-state index contributed by atoms with van der Waals surface area (Å²) in [6.45, 7) is 5.96. The summed E-state index contributed by atoms with van der Waals surface area (Å²) in [5.74, 6) is 2.75. The summed E-state index contributed by atoms with van der Waals surface area (Å²) < 4.78 is 0. The monoisotopic (exact) mass is 322 g/mol. The molecule has 24 heavy (non-hydrogen) atoms. The Kier molecular flexibility index (Phi) is 3.80. The van der Waals surface area contributed by atoms with E-state index >= 15 is 0 Å². The van der Waals surface area contributed by atoms with E-state index in [1.165, 1.54) is 0 Å². The van der Waals surface area contributed by atoms with E-state index in [0.717, 1.165) is 60.2 Å². The Balaban J connectivity index is 1.40. The van der Waals surface area contributed by atoms with Crippen LogP contribution in [0.1, 0.15) is 24.4 Å². The zero-order valence-electron chi connectivity index (χ0n) is 14.1. The smallest absolute Gasteiger partial charge is 0.201 e. The molecule has 0 amide bonds. The minimum absolute atomic E-state index is 0.436. The van der Waals surface area contributed by atoms with Crippen LogP contribution in [0.15, 0.2) is 30.3 Å². The lowest BCUT2D eigenvalue weighted by Crippen LogP contribution is -2.39. The minimum atomic E-state index is 0.436. The van der Waals surface area contributed by atoms with Crippen LogP contribution in [0.25, 0.3) is 11.0 Å². The van der Waals surface area contributed by atoms with Crippen LogP contribution in [0.5, 0.6) is 0 Å². The number of hydrogen-bond donors (Lipinski definition) is 2. The summed E-state index contributed by atoms with van der Waals surface area (Å²) in [5, 5.41) is 3.54. The first-order valence-corrected chi connectivity index (χ1v) is 8.46. The number of aromatic nitrogens is 4. The van der Waals surface area contributed by atoms with Crippen molar-refractivity contribution >= 4 is 22.8 Å². The number of aryl methyl sites for hydroxylation is 2. The van der Waals surface area contributed by atoms with Gasteiger partial charge in [0.15, 0.2) is 0 Å². The molecule has 6 nitrogen and oxygen atoms in total. The number of aromatic amines is 1. The minimum Gasteiger partial charge on any atom is -0.356 e. The highest BCUT2D eigenvalue weighted by atomic mass is 15.2. The van der Waals surface area contributed by atoms with Crippen LogP contribution < -0.4 is 10.2 Å². The fourth-order valence-electron chi connectivity index (χ4n) is 3.33. The largest absolute Gasteiger partial charge is 0.356 e. The normalized spacial score (nSPS) is 15.8. The number of fused-ring (bicyclic) bond motifs is 1. The molecule has 3 heterocycles. The maximum atomic E-state index is 4.61. The van der Waals surface area contributed by atoms with Crippen molar-refractivity contribution in [1.82, 2.24) is 19.9 Å². The molecule has 1 aliphatic heterocycles. The van der Waals surface area contributed by atoms with Crippen LogP contribution in [-0.4, -0.2) is 39.1 Å². The van der Waals surface area contributed by atoms with Gasteiger partial charge in [-0.15, -0.1) is 0 Å². The van der Waals surface area contributed by atoms with Crippen LogP contribution in [-0.2, 0) is 0 Å². The number of H-pyrrole nitrogens is 1. The van der Waals surface area contributed by atoms with Gasteiger partial charge in [0.05, 0.1) is 11.0 Å². The molecule has 0 atom stereocenters. The van der Waals surface area contributed by atoms with Crippen LogP contribution in [0.4, 0.5) is 11.8 Å². The van der Waals surface area contributed by atoms with Crippen LogP contribution in [0.2, 0.25) is 0 Å². The predicted molar refractivity (Wildman–Crippen MR) is 96.5 cm³/mol. The second-order valence-electron chi connectivity index (χ2n) is 6.42. The van der Waals surface area contributed by atoms with Crippen LogP contribution in [0.3, 0.4) is 0 Å². The van der Waals surface area contributed by atoms with E-state index in [1.54, 1.807) is 0 Å². The third kappa shape index (κ3) is 3.04. The third-order valence-electron chi connectivity index (χ3n) is 4.50. The number of rotatable bonds is 3.